The van der Waals surface area contributed by atoms with E-state index in [9.17, 15) is 4.39 Å². The molecular formula is C31H28FN7O2. The molecule has 5 aromatic heterocycles. The predicted octanol–water partition coefficient (Wildman–Crippen LogP) is 5.85. The highest BCUT2D eigenvalue weighted by atomic mass is 19.1. The Balaban J connectivity index is 1.21. The predicted molar refractivity (Wildman–Crippen MR) is 155 cm³/mol. The van der Waals surface area contributed by atoms with E-state index in [4.69, 9.17) is 14.5 Å². The van der Waals surface area contributed by atoms with Crippen LogP contribution in [0.4, 0.5) is 4.39 Å². The summed E-state index contributed by atoms with van der Waals surface area (Å²) in [6.07, 6.45) is 7.74. The summed E-state index contributed by atoms with van der Waals surface area (Å²) in [6.45, 7) is 3.83. The highest BCUT2D eigenvalue weighted by Crippen LogP contribution is 2.35. The monoisotopic (exact) mass is 549 g/mol. The maximum Gasteiger partial charge on any atom is 0.138 e. The fraction of sp³-hybridized carbons (Fsp3) is 0.226. The first-order valence-electron chi connectivity index (χ1n) is 13.6. The van der Waals surface area contributed by atoms with Crippen molar-refractivity contribution >= 4 is 22.1 Å². The Morgan fingerprint density at radius 2 is 1.85 bits per heavy atom. The van der Waals surface area contributed by atoms with Gasteiger partial charge in [0.1, 0.15) is 40.8 Å². The van der Waals surface area contributed by atoms with Gasteiger partial charge in [-0.15, -0.1) is 0 Å². The van der Waals surface area contributed by atoms with Crippen molar-refractivity contribution in [3.63, 3.8) is 0 Å². The van der Waals surface area contributed by atoms with Crippen molar-refractivity contribution in [2.75, 3.05) is 33.4 Å². The van der Waals surface area contributed by atoms with Gasteiger partial charge in [-0.25, -0.2) is 14.4 Å². The number of benzene rings is 1. The number of aromatic amines is 2. The molecule has 1 aliphatic rings. The van der Waals surface area contributed by atoms with Gasteiger partial charge < -0.3 is 14.5 Å². The van der Waals surface area contributed by atoms with E-state index in [1.165, 1.54) is 32.1 Å². The van der Waals surface area contributed by atoms with Crippen molar-refractivity contribution in [3.05, 3.63) is 72.9 Å². The van der Waals surface area contributed by atoms with Crippen LogP contribution in [0.15, 0.2) is 67.1 Å². The summed E-state index contributed by atoms with van der Waals surface area (Å²) in [5.74, 6) is 0.802. The van der Waals surface area contributed by atoms with Gasteiger partial charge in [-0.3, -0.25) is 15.0 Å². The molecule has 0 aliphatic carbocycles. The van der Waals surface area contributed by atoms with Crippen molar-refractivity contribution in [3.8, 4) is 45.3 Å². The van der Waals surface area contributed by atoms with Crippen LogP contribution in [0, 0.1) is 5.82 Å². The number of methoxy groups -OCH3 is 1. The number of hydrogen-bond acceptors (Lipinski definition) is 7. The molecule has 1 aliphatic heterocycles. The lowest BCUT2D eigenvalue weighted by Crippen LogP contribution is -2.25. The molecule has 0 bridgehead atoms. The largest absolute Gasteiger partial charge is 0.497 e. The van der Waals surface area contributed by atoms with Gasteiger partial charge in [-0.2, -0.15) is 5.10 Å². The molecule has 0 unspecified atom stereocenters. The third-order valence-corrected chi connectivity index (χ3v) is 7.50. The van der Waals surface area contributed by atoms with Crippen LogP contribution in [-0.2, 0) is 0 Å². The van der Waals surface area contributed by atoms with Gasteiger partial charge in [0.25, 0.3) is 0 Å². The summed E-state index contributed by atoms with van der Waals surface area (Å²) in [5, 5.41) is 8.48. The third-order valence-electron chi connectivity index (χ3n) is 7.50. The maximum atomic E-state index is 14.3. The Morgan fingerprint density at radius 1 is 0.976 bits per heavy atom. The lowest BCUT2D eigenvalue weighted by Gasteiger charge is -2.15. The van der Waals surface area contributed by atoms with Crippen LogP contribution in [0.3, 0.4) is 0 Å². The molecule has 6 aromatic rings. The van der Waals surface area contributed by atoms with Crippen LogP contribution in [0.2, 0.25) is 0 Å². The van der Waals surface area contributed by atoms with E-state index in [0.29, 0.717) is 34.8 Å². The van der Waals surface area contributed by atoms with Gasteiger partial charge in [0.15, 0.2) is 0 Å². The molecule has 1 aromatic carbocycles. The van der Waals surface area contributed by atoms with Gasteiger partial charge in [0, 0.05) is 36.0 Å². The zero-order valence-electron chi connectivity index (χ0n) is 22.5. The first-order chi connectivity index (χ1) is 20.1. The fourth-order valence-electron chi connectivity index (χ4n) is 5.43. The molecule has 1 fully saturated rings. The SMILES string of the molecule is COc1cc(F)cc(-c2ccnc3[nH]c(-c4n[nH]c5ccc(-c6cncc(OCCN7CCCC7)c6)nc45)cc23)c1. The molecule has 206 valence electrons. The second kappa shape index (κ2) is 10.6. The van der Waals surface area contributed by atoms with Crippen LogP contribution < -0.4 is 9.47 Å². The van der Waals surface area contributed by atoms with E-state index in [1.807, 2.05) is 30.3 Å². The lowest BCUT2D eigenvalue weighted by molar-refractivity contribution is 0.237. The van der Waals surface area contributed by atoms with Crippen molar-refractivity contribution < 1.29 is 13.9 Å². The number of nitrogens with one attached hydrogen (secondary N) is 2. The average Bonchev–Trinajstić information content (AvgIpc) is 3.76. The van der Waals surface area contributed by atoms with Crippen LogP contribution in [0.5, 0.6) is 11.5 Å². The molecule has 10 heteroatoms. The first-order valence-corrected chi connectivity index (χ1v) is 13.6. The highest BCUT2D eigenvalue weighted by Gasteiger charge is 2.17. The fourth-order valence-corrected chi connectivity index (χ4v) is 5.43. The van der Waals surface area contributed by atoms with E-state index < -0.39 is 0 Å². The first kappa shape index (κ1) is 25.2. The Kier molecular flexibility index (Phi) is 6.52. The van der Waals surface area contributed by atoms with Crippen LogP contribution >= 0.6 is 0 Å². The summed E-state index contributed by atoms with van der Waals surface area (Å²) in [4.78, 5) is 19.6. The van der Waals surface area contributed by atoms with Crippen molar-refractivity contribution in [1.82, 2.24) is 35.0 Å². The van der Waals surface area contributed by atoms with E-state index in [2.05, 4.69) is 30.0 Å². The van der Waals surface area contributed by atoms with Crippen LogP contribution in [-0.4, -0.2) is 68.4 Å². The number of H-pyrrole nitrogens is 2. The highest BCUT2D eigenvalue weighted by molar-refractivity contribution is 5.99. The standard InChI is InChI=1S/C31H28FN7O2/c1-40-22-13-19(12-21(32)15-22)24-6-7-34-31-25(24)16-28(36-31)30-29-27(37-38-30)5-4-26(35-29)20-14-23(18-33-17-20)41-11-10-39-8-2-3-9-39/h4-7,12-18H,2-3,8-11H2,1H3,(H,34,36)(H,37,38). The zero-order chi connectivity index (χ0) is 27.8. The number of halogens is 1. The molecule has 0 radical (unpaired) electrons. The number of rotatable bonds is 8. The minimum Gasteiger partial charge on any atom is -0.497 e. The van der Waals surface area contributed by atoms with Crippen molar-refractivity contribution in [2.24, 2.45) is 0 Å². The molecule has 0 spiro atoms. The number of hydrogen-bond donors (Lipinski definition) is 2. The molecule has 0 saturated carbocycles. The van der Waals surface area contributed by atoms with Gasteiger partial charge in [0.2, 0.25) is 0 Å². The Hall–Kier alpha value is -4.83. The molecule has 2 N–H and O–H groups in total. The molecule has 9 nitrogen and oxygen atoms in total. The molecule has 6 heterocycles. The molecular weight excluding hydrogens is 521 g/mol. The quantitative estimate of drug-likeness (QED) is 0.245. The van der Waals surface area contributed by atoms with Gasteiger partial charge in [-0.05, 0) is 79.5 Å². The van der Waals surface area contributed by atoms with E-state index in [1.54, 1.807) is 24.7 Å². The molecule has 7 rings (SSSR count). The second-order valence-electron chi connectivity index (χ2n) is 10.2. The normalized spacial score (nSPS) is 13.8. The summed E-state index contributed by atoms with van der Waals surface area (Å²) in [6, 6.07) is 14.3. The Morgan fingerprint density at radius 3 is 2.73 bits per heavy atom. The Bertz CT molecular complexity index is 1860. The van der Waals surface area contributed by atoms with Gasteiger partial charge in [-0.1, -0.05) is 0 Å². The number of ether oxygens (including phenoxy) is 2. The molecule has 41 heavy (non-hydrogen) atoms. The minimum absolute atomic E-state index is 0.370. The summed E-state index contributed by atoms with van der Waals surface area (Å²) in [7, 11) is 1.52. The van der Waals surface area contributed by atoms with E-state index in [-0.39, 0.29) is 5.82 Å². The number of pyridine rings is 3. The number of nitrogens with zero attached hydrogens (tertiary/aromatic N) is 5. The lowest BCUT2D eigenvalue weighted by atomic mass is 10.0. The van der Waals surface area contributed by atoms with E-state index in [0.717, 1.165) is 58.8 Å². The van der Waals surface area contributed by atoms with Gasteiger partial charge >= 0.3 is 0 Å². The smallest absolute Gasteiger partial charge is 0.138 e. The number of aromatic nitrogens is 6. The third kappa shape index (κ3) is 4.98. The zero-order valence-corrected chi connectivity index (χ0v) is 22.5. The van der Waals surface area contributed by atoms with Crippen LogP contribution in [0.25, 0.3) is 55.8 Å². The van der Waals surface area contributed by atoms with Gasteiger partial charge in [0.05, 0.1) is 30.2 Å². The summed E-state index contributed by atoms with van der Waals surface area (Å²) < 4.78 is 25.6. The summed E-state index contributed by atoms with van der Waals surface area (Å²) in [5.41, 5.74) is 6.73. The summed E-state index contributed by atoms with van der Waals surface area (Å²) >= 11 is 0. The van der Waals surface area contributed by atoms with Crippen LogP contribution in [0.1, 0.15) is 12.8 Å². The average molecular weight is 550 g/mol. The van der Waals surface area contributed by atoms with Crippen molar-refractivity contribution in [2.45, 2.75) is 12.8 Å². The molecule has 0 atom stereocenters. The molecule has 0 amide bonds. The minimum atomic E-state index is -0.370. The Labute approximate surface area is 235 Å². The maximum absolute atomic E-state index is 14.3. The van der Waals surface area contributed by atoms with Crippen molar-refractivity contribution in [1.29, 1.82) is 0 Å². The topological polar surface area (TPSA) is 105 Å². The number of fused-ring (bicyclic) bond motifs is 2. The number of likely N-dealkylation sites (tertiary alicyclic amines) is 1. The van der Waals surface area contributed by atoms with E-state index >= 15 is 0 Å². The molecule has 1 saturated heterocycles. The second-order valence-corrected chi connectivity index (χ2v) is 10.2.